The number of aliphatic hydroxyl groups excluding tert-OH is 1. The number of nitrogens with two attached hydrogens (primary N) is 1. The number of aliphatic hydroxyl groups is 1. The van der Waals surface area contributed by atoms with Crippen molar-refractivity contribution in [2.45, 2.75) is 51.4 Å². The molecule has 0 radical (unpaired) electrons. The fraction of sp³-hybridized carbons (Fsp3) is 0.600. The van der Waals surface area contributed by atoms with Gasteiger partial charge in [-0.15, -0.1) is 0 Å². The second-order valence-electron chi connectivity index (χ2n) is 6.39. The van der Waals surface area contributed by atoms with Crippen LogP contribution in [0.15, 0.2) is 24.3 Å². The maximum absolute atomic E-state index is 10.6. The van der Waals surface area contributed by atoms with Gasteiger partial charge in [-0.3, -0.25) is 0 Å². The molecule has 100 valence electrons. The van der Waals surface area contributed by atoms with E-state index in [1.165, 1.54) is 0 Å². The van der Waals surface area contributed by atoms with Crippen molar-refractivity contribution in [1.82, 2.24) is 0 Å². The van der Waals surface area contributed by atoms with Crippen molar-refractivity contribution in [2.24, 2.45) is 5.92 Å². The Labute approximate surface area is 109 Å². The molecule has 0 bridgehead atoms. The molecule has 0 aliphatic carbocycles. The van der Waals surface area contributed by atoms with Gasteiger partial charge in [0, 0.05) is 11.6 Å². The molecule has 1 saturated heterocycles. The maximum atomic E-state index is 10.6. The van der Waals surface area contributed by atoms with Crippen LogP contribution < -0.4 is 5.73 Å². The van der Waals surface area contributed by atoms with Gasteiger partial charge in [0.15, 0.2) is 0 Å². The lowest BCUT2D eigenvalue weighted by molar-refractivity contribution is -0.0880. The predicted molar refractivity (Wildman–Crippen MR) is 73.2 cm³/mol. The van der Waals surface area contributed by atoms with Crippen LogP contribution in [0, 0.1) is 5.92 Å². The highest BCUT2D eigenvalue weighted by atomic mass is 16.5. The summed E-state index contributed by atoms with van der Waals surface area (Å²) >= 11 is 0. The van der Waals surface area contributed by atoms with Crippen molar-refractivity contribution < 1.29 is 9.84 Å². The molecule has 0 saturated carbocycles. The Morgan fingerprint density at radius 2 is 1.78 bits per heavy atom. The molecule has 3 N–H and O–H groups in total. The van der Waals surface area contributed by atoms with Gasteiger partial charge in [0.2, 0.25) is 0 Å². The SMILES string of the molecule is CC1(C)CC(C(O)c2ccc(N)cc2)C(C)(C)O1. The summed E-state index contributed by atoms with van der Waals surface area (Å²) in [5, 5.41) is 10.6. The Kier molecular flexibility index (Phi) is 3.16. The molecule has 0 amide bonds. The molecule has 0 spiro atoms. The van der Waals surface area contributed by atoms with Gasteiger partial charge in [-0.05, 0) is 51.8 Å². The van der Waals surface area contributed by atoms with Crippen molar-refractivity contribution in [3.63, 3.8) is 0 Å². The van der Waals surface area contributed by atoms with Gasteiger partial charge in [-0.25, -0.2) is 0 Å². The summed E-state index contributed by atoms with van der Waals surface area (Å²) in [7, 11) is 0. The molecular weight excluding hydrogens is 226 g/mol. The highest BCUT2D eigenvalue weighted by Gasteiger charge is 2.49. The average molecular weight is 249 g/mol. The summed E-state index contributed by atoms with van der Waals surface area (Å²) in [5.74, 6) is 0.0936. The zero-order chi connectivity index (χ0) is 13.6. The van der Waals surface area contributed by atoms with E-state index in [0.717, 1.165) is 12.0 Å². The van der Waals surface area contributed by atoms with Crippen LogP contribution in [0.1, 0.15) is 45.8 Å². The van der Waals surface area contributed by atoms with Gasteiger partial charge >= 0.3 is 0 Å². The molecule has 1 aromatic rings. The Hall–Kier alpha value is -1.06. The molecule has 2 unspecified atom stereocenters. The van der Waals surface area contributed by atoms with Gasteiger partial charge in [0.1, 0.15) is 0 Å². The van der Waals surface area contributed by atoms with Crippen LogP contribution in [0.25, 0.3) is 0 Å². The minimum atomic E-state index is -0.512. The van der Waals surface area contributed by atoms with Crippen LogP contribution in [-0.2, 0) is 4.74 Å². The number of benzene rings is 1. The van der Waals surface area contributed by atoms with E-state index >= 15 is 0 Å². The molecule has 1 fully saturated rings. The van der Waals surface area contributed by atoms with Crippen molar-refractivity contribution in [3.05, 3.63) is 29.8 Å². The fourth-order valence-electron chi connectivity index (χ4n) is 3.02. The van der Waals surface area contributed by atoms with Gasteiger partial charge in [0.05, 0.1) is 17.3 Å². The fourth-order valence-corrected chi connectivity index (χ4v) is 3.02. The first-order valence-corrected chi connectivity index (χ1v) is 6.45. The molecule has 1 aliphatic heterocycles. The Balaban J connectivity index is 2.23. The number of ether oxygens (including phenoxy) is 1. The molecule has 18 heavy (non-hydrogen) atoms. The lowest BCUT2D eigenvalue weighted by atomic mass is 9.80. The topological polar surface area (TPSA) is 55.5 Å². The maximum Gasteiger partial charge on any atom is 0.0846 e. The predicted octanol–water partition coefficient (Wildman–Crippen LogP) is 2.90. The van der Waals surface area contributed by atoms with Crippen molar-refractivity contribution >= 4 is 5.69 Å². The van der Waals surface area contributed by atoms with E-state index in [1.54, 1.807) is 0 Å². The van der Waals surface area contributed by atoms with E-state index in [9.17, 15) is 5.11 Å². The third kappa shape index (κ3) is 2.52. The first-order chi connectivity index (χ1) is 8.21. The number of hydrogen-bond acceptors (Lipinski definition) is 3. The van der Waals surface area contributed by atoms with Gasteiger partial charge in [0.25, 0.3) is 0 Å². The third-order valence-corrected chi connectivity index (χ3v) is 3.80. The highest BCUT2D eigenvalue weighted by Crippen LogP contribution is 2.47. The smallest absolute Gasteiger partial charge is 0.0846 e. The molecule has 0 aromatic heterocycles. The van der Waals surface area contributed by atoms with Crippen molar-refractivity contribution in [1.29, 1.82) is 0 Å². The Morgan fingerprint density at radius 3 is 2.22 bits per heavy atom. The minimum Gasteiger partial charge on any atom is -0.399 e. The summed E-state index contributed by atoms with van der Waals surface area (Å²) in [4.78, 5) is 0. The van der Waals surface area contributed by atoms with E-state index < -0.39 is 6.10 Å². The van der Waals surface area contributed by atoms with Gasteiger partial charge in [-0.1, -0.05) is 12.1 Å². The first-order valence-electron chi connectivity index (χ1n) is 6.45. The zero-order valence-electron chi connectivity index (χ0n) is 11.6. The zero-order valence-corrected chi connectivity index (χ0v) is 11.6. The van der Waals surface area contributed by atoms with Crippen molar-refractivity contribution in [3.8, 4) is 0 Å². The molecule has 2 atom stereocenters. The van der Waals surface area contributed by atoms with Crippen LogP contribution in [0.5, 0.6) is 0 Å². The van der Waals surface area contributed by atoms with E-state index in [-0.39, 0.29) is 17.1 Å². The molecule has 1 aromatic carbocycles. The van der Waals surface area contributed by atoms with E-state index in [0.29, 0.717) is 5.69 Å². The van der Waals surface area contributed by atoms with E-state index in [4.69, 9.17) is 10.5 Å². The van der Waals surface area contributed by atoms with Crippen LogP contribution in [-0.4, -0.2) is 16.3 Å². The summed E-state index contributed by atoms with van der Waals surface area (Å²) in [6.45, 7) is 8.24. The van der Waals surface area contributed by atoms with E-state index in [1.807, 2.05) is 38.1 Å². The second-order valence-corrected chi connectivity index (χ2v) is 6.39. The largest absolute Gasteiger partial charge is 0.399 e. The summed E-state index contributed by atoms with van der Waals surface area (Å²) in [5.41, 5.74) is 6.80. The van der Waals surface area contributed by atoms with Crippen LogP contribution in [0.3, 0.4) is 0 Å². The molecule has 3 heteroatoms. The summed E-state index contributed by atoms with van der Waals surface area (Å²) in [6.07, 6.45) is 0.341. The molecule has 2 rings (SSSR count). The van der Waals surface area contributed by atoms with Gasteiger partial charge < -0.3 is 15.6 Å². The lowest BCUT2D eigenvalue weighted by Gasteiger charge is -2.30. The monoisotopic (exact) mass is 249 g/mol. The number of hydrogen-bond donors (Lipinski definition) is 2. The lowest BCUT2D eigenvalue weighted by Crippen LogP contribution is -2.32. The third-order valence-electron chi connectivity index (χ3n) is 3.80. The molecule has 3 nitrogen and oxygen atoms in total. The molecule has 1 heterocycles. The number of rotatable bonds is 2. The Bertz CT molecular complexity index is 423. The van der Waals surface area contributed by atoms with Crippen molar-refractivity contribution in [2.75, 3.05) is 5.73 Å². The second kappa shape index (κ2) is 4.25. The number of nitrogen functional groups attached to an aromatic ring is 1. The van der Waals surface area contributed by atoms with Crippen LogP contribution in [0.4, 0.5) is 5.69 Å². The molecule has 1 aliphatic rings. The number of anilines is 1. The summed E-state index contributed by atoms with van der Waals surface area (Å²) < 4.78 is 6.03. The normalized spacial score (nSPS) is 27.1. The van der Waals surface area contributed by atoms with Crippen LogP contribution >= 0.6 is 0 Å². The van der Waals surface area contributed by atoms with Crippen LogP contribution in [0.2, 0.25) is 0 Å². The highest BCUT2D eigenvalue weighted by molar-refractivity contribution is 5.40. The summed E-state index contributed by atoms with van der Waals surface area (Å²) in [6, 6.07) is 7.43. The molecular formula is C15H23NO2. The minimum absolute atomic E-state index is 0.0936. The quantitative estimate of drug-likeness (QED) is 0.792. The van der Waals surface area contributed by atoms with Gasteiger partial charge in [-0.2, -0.15) is 0 Å². The van der Waals surface area contributed by atoms with E-state index in [2.05, 4.69) is 13.8 Å². The average Bonchev–Trinajstić information content (AvgIpc) is 2.47. The standard InChI is InChI=1S/C15H23NO2/c1-14(2)9-12(15(3,4)18-14)13(17)10-5-7-11(16)8-6-10/h5-8,12-13,17H,9,16H2,1-4H3. The first kappa shape index (κ1) is 13.4. The Morgan fingerprint density at radius 1 is 1.22 bits per heavy atom.